The van der Waals surface area contributed by atoms with Gasteiger partial charge in [-0.2, -0.15) is 0 Å². The quantitative estimate of drug-likeness (QED) is 0.483. The van der Waals surface area contributed by atoms with Gasteiger partial charge in [0.2, 0.25) is 0 Å². The lowest BCUT2D eigenvalue weighted by atomic mass is 10.1. The molecule has 0 amide bonds. The Hall–Kier alpha value is -1.66. The first-order chi connectivity index (χ1) is 11.0. The Balaban J connectivity index is 2.12. The van der Waals surface area contributed by atoms with E-state index in [2.05, 4.69) is 31.9 Å². The molecule has 0 aliphatic carbocycles. The third-order valence-corrected chi connectivity index (χ3v) is 4.13. The second kappa shape index (κ2) is 8.26. The number of rotatable bonds is 6. The summed E-state index contributed by atoms with van der Waals surface area (Å²) in [5.41, 5.74) is 0.982. The van der Waals surface area contributed by atoms with Gasteiger partial charge in [0.25, 0.3) is 0 Å². The molecule has 6 heteroatoms. The molecule has 120 valence electrons. The van der Waals surface area contributed by atoms with E-state index < -0.39 is 5.97 Å². The zero-order chi connectivity index (χ0) is 16.8. The Kier molecular flexibility index (Phi) is 6.36. The molecular formula is C17H14Br2O4. The summed E-state index contributed by atoms with van der Waals surface area (Å²) in [6, 6.07) is 12.1. The Labute approximate surface area is 151 Å². The van der Waals surface area contributed by atoms with E-state index in [0.29, 0.717) is 32.4 Å². The summed E-state index contributed by atoms with van der Waals surface area (Å²) in [7, 11) is 0. The van der Waals surface area contributed by atoms with Crippen molar-refractivity contribution in [1.29, 1.82) is 0 Å². The average molecular weight is 442 g/mol. The highest BCUT2D eigenvalue weighted by Crippen LogP contribution is 2.35. The van der Waals surface area contributed by atoms with Crippen molar-refractivity contribution in [2.75, 3.05) is 13.2 Å². The molecule has 0 saturated heterocycles. The first-order valence-electron chi connectivity index (χ1n) is 6.90. The fourth-order valence-corrected chi connectivity index (χ4v) is 3.29. The van der Waals surface area contributed by atoms with Crippen molar-refractivity contribution in [1.82, 2.24) is 0 Å². The minimum Gasteiger partial charge on any atom is -0.483 e. The van der Waals surface area contributed by atoms with Gasteiger partial charge in [-0.15, -0.1) is 0 Å². The molecule has 0 aromatic heterocycles. The van der Waals surface area contributed by atoms with Gasteiger partial charge < -0.3 is 9.47 Å². The molecule has 0 N–H and O–H groups in total. The number of Topliss-reactive ketones (excluding diaryl/α,β-unsaturated/α-hetero) is 1. The number of esters is 1. The molecule has 2 aromatic carbocycles. The van der Waals surface area contributed by atoms with Crippen molar-refractivity contribution in [3.63, 3.8) is 0 Å². The van der Waals surface area contributed by atoms with Crippen LogP contribution in [0.1, 0.15) is 27.6 Å². The highest BCUT2D eigenvalue weighted by atomic mass is 79.9. The molecule has 0 aliphatic rings. The van der Waals surface area contributed by atoms with E-state index in [1.54, 1.807) is 43.3 Å². The third kappa shape index (κ3) is 4.65. The van der Waals surface area contributed by atoms with Crippen LogP contribution in [0.5, 0.6) is 5.75 Å². The largest absolute Gasteiger partial charge is 0.483 e. The van der Waals surface area contributed by atoms with E-state index >= 15 is 0 Å². The highest BCUT2D eigenvalue weighted by molar-refractivity contribution is 9.11. The number of benzene rings is 2. The number of ether oxygens (including phenoxy) is 2. The van der Waals surface area contributed by atoms with E-state index in [1.807, 2.05) is 6.07 Å². The topological polar surface area (TPSA) is 52.6 Å². The van der Waals surface area contributed by atoms with Gasteiger partial charge in [-0.1, -0.05) is 30.3 Å². The Morgan fingerprint density at radius 1 is 1.00 bits per heavy atom. The maximum absolute atomic E-state index is 12.1. The molecule has 0 fully saturated rings. The number of carbonyl (C=O) groups is 2. The van der Waals surface area contributed by atoms with E-state index in [1.165, 1.54) is 0 Å². The summed E-state index contributed by atoms with van der Waals surface area (Å²) in [5, 5.41) is 0. The van der Waals surface area contributed by atoms with Gasteiger partial charge >= 0.3 is 5.97 Å². The van der Waals surface area contributed by atoms with Crippen LogP contribution in [0.3, 0.4) is 0 Å². The van der Waals surface area contributed by atoms with Gasteiger partial charge in [-0.25, -0.2) is 4.79 Å². The Morgan fingerprint density at radius 2 is 1.61 bits per heavy atom. The minimum absolute atomic E-state index is 0.0973. The predicted octanol–water partition coefficient (Wildman–Crippen LogP) is 4.65. The van der Waals surface area contributed by atoms with Crippen LogP contribution in [0.2, 0.25) is 0 Å². The predicted molar refractivity (Wildman–Crippen MR) is 94.1 cm³/mol. The molecule has 23 heavy (non-hydrogen) atoms. The maximum Gasteiger partial charge on any atom is 0.338 e. The molecule has 0 bridgehead atoms. The lowest BCUT2D eigenvalue weighted by molar-refractivity contribution is 0.0526. The standard InChI is InChI=1S/C17H14Br2O4/c1-2-22-17(21)12-8-13(18)16(14(19)9-12)23-10-15(20)11-6-4-3-5-7-11/h3-9H,2,10H2,1H3. The molecule has 4 nitrogen and oxygen atoms in total. The number of ketones is 1. The van der Waals surface area contributed by atoms with Crippen molar-refractivity contribution in [2.45, 2.75) is 6.92 Å². The second-order valence-corrected chi connectivity index (χ2v) is 6.28. The van der Waals surface area contributed by atoms with Crippen LogP contribution in [0.4, 0.5) is 0 Å². The highest BCUT2D eigenvalue weighted by Gasteiger charge is 2.15. The number of halogens is 2. The van der Waals surface area contributed by atoms with Gasteiger partial charge in [0, 0.05) is 5.56 Å². The smallest absolute Gasteiger partial charge is 0.338 e. The summed E-state index contributed by atoms with van der Waals surface area (Å²) in [6.07, 6.45) is 0. The molecule has 0 atom stereocenters. The zero-order valence-corrected chi connectivity index (χ0v) is 15.5. The summed E-state index contributed by atoms with van der Waals surface area (Å²) in [5.74, 6) is -0.0815. The van der Waals surface area contributed by atoms with E-state index in [4.69, 9.17) is 9.47 Å². The van der Waals surface area contributed by atoms with Gasteiger partial charge in [0.05, 0.1) is 21.1 Å². The minimum atomic E-state index is -0.416. The Bertz CT molecular complexity index is 691. The molecule has 0 radical (unpaired) electrons. The lowest BCUT2D eigenvalue weighted by Crippen LogP contribution is -2.12. The molecule has 0 unspecified atom stereocenters. The fraction of sp³-hybridized carbons (Fsp3) is 0.176. The van der Waals surface area contributed by atoms with Gasteiger partial charge in [0.1, 0.15) is 5.75 Å². The van der Waals surface area contributed by atoms with E-state index in [0.717, 1.165) is 0 Å². The molecular weight excluding hydrogens is 428 g/mol. The van der Waals surface area contributed by atoms with Crippen molar-refractivity contribution in [2.24, 2.45) is 0 Å². The number of hydrogen-bond donors (Lipinski definition) is 0. The normalized spacial score (nSPS) is 10.2. The SMILES string of the molecule is CCOC(=O)c1cc(Br)c(OCC(=O)c2ccccc2)c(Br)c1. The van der Waals surface area contributed by atoms with Crippen LogP contribution in [0.25, 0.3) is 0 Å². The first-order valence-corrected chi connectivity index (χ1v) is 8.48. The van der Waals surface area contributed by atoms with Crippen molar-refractivity contribution in [3.8, 4) is 5.75 Å². The van der Waals surface area contributed by atoms with E-state index in [9.17, 15) is 9.59 Å². The van der Waals surface area contributed by atoms with Crippen LogP contribution >= 0.6 is 31.9 Å². The third-order valence-electron chi connectivity index (χ3n) is 2.95. The molecule has 0 aliphatic heterocycles. The van der Waals surface area contributed by atoms with Gasteiger partial charge in [-0.3, -0.25) is 4.79 Å². The van der Waals surface area contributed by atoms with Gasteiger partial charge in [-0.05, 0) is 50.9 Å². The number of carbonyl (C=O) groups excluding carboxylic acids is 2. The second-order valence-electron chi connectivity index (χ2n) is 4.57. The van der Waals surface area contributed by atoms with Crippen molar-refractivity contribution >= 4 is 43.6 Å². The summed E-state index contributed by atoms with van der Waals surface area (Å²) >= 11 is 6.70. The van der Waals surface area contributed by atoms with Crippen molar-refractivity contribution in [3.05, 3.63) is 62.5 Å². The van der Waals surface area contributed by atoms with E-state index in [-0.39, 0.29) is 12.4 Å². The monoisotopic (exact) mass is 440 g/mol. The zero-order valence-electron chi connectivity index (χ0n) is 12.3. The Morgan fingerprint density at radius 3 is 2.17 bits per heavy atom. The lowest BCUT2D eigenvalue weighted by Gasteiger charge is -2.11. The first kappa shape index (κ1) is 17.7. The summed E-state index contributed by atoms with van der Waals surface area (Å²) in [6.45, 7) is 1.95. The summed E-state index contributed by atoms with van der Waals surface area (Å²) < 4.78 is 11.7. The van der Waals surface area contributed by atoms with Crippen LogP contribution in [0.15, 0.2) is 51.4 Å². The van der Waals surface area contributed by atoms with Crippen LogP contribution in [-0.4, -0.2) is 25.0 Å². The molecule has 0 spiro atoms. The van der Waals surface area contributed by atoms with Crippen LogP contribution in [0, 0.1) is 0 Å². The summed E-state index contributed by atoms with van der Waals surface area (Å²) in [4.78, 5) is 23.8. The number of hydrogen-bond acceptors (Lipinski definition) is 4. The molecule has 0 heterocycles. The van der Waals surface area contributed by atoms with Crippen LogP contribution in [-0.2, 0) is 4.74 Å². The van der Waals surface area contributed by atoms with Gasteiger partial charge in [0.15, 0.2) is 12.4 Å². The molecule has 2 aromatic rings. The van der Waals surface area contributed by atoms with Crippen molar-refractivity contribution < 1.29 is 19.1 Å². The maximum atomic E-state index is 12.1. The fourth-order valence-electron chi connectivity index (χ4n) is 1.88. The molecule has 0 saturated carbocycles. The molecule has 2 rings (SSSR count). The van der Waals surface area contributed by atoms with Crippen LogP contribution < -0.4 is 4.74 Å². The average Bonchev–Trinajstić information content (AvgIpc) is 2.54.